The molecule has 2 rings (SSSR count). The maximum atomic E-state index is 11.6. The van der Waals surface area contributed by atoms with Crippen LogP contribution in [0.2, 0.25) is 0 Å². The molecule has 1 N–H and O–H groups in total. The highest BCUT2D eigenvalue weighted by Gasteiger charge is 2.30. The van der Waals surface area contributed by atoms with Crippen molar-refractivity contribution in [3.05, 3.63) is 24.2 Å². The Bertz CT molecular complexity index is 334. The van der Waals surface area contributed by atoms with E-state index in [0.29, 0.717) is 0 Å². The zero-order valence-corrected chi connectivity index (χ0v) is 9.06. The Kier molecular flexibility index (Phi) is 2.77. The molecular weight excluding hydrogens is 192 g/mol. The van der Waals surface area contributed by atoms with Gasteiger partial charge in [-0.05, 0) is 25.5 Å². The van der Waals surface area contributed by atoms with E-state index >= 15 is 0 Å². The molecule has 1 aromatic rings. The van der Waals surface area contributed by atoms with Crippen molar-refractivity contribution in [2.24, 2.45) is 0 Å². The van der Waals surface area contributed by atoms with E-state index in [2.05, 4.69) is 5.32 Å². The van der Waals surface area contributed by atoms with Crippen molar-refractivity contribution >= 4 is 5.91 Å². The Morgan fingerprint density at radius 2 is 2.47 bits per heavy atom. The first-order valence-corrected chi connectivity index (χ1v) is 5.23. The molecule has 0 saturated carbocycles. The van der Waals surface area contributed by atoms with Gasteiger partial charge in [-0.2, -0.15) is 0 Å². The van der Waals surface area contributed by atoms with E-state index in [1.807, 2.05) is 26.1 Å². The Labute approximate surface area is 89.2 Å². The molecule has 2 atom stereocenters. The second-order valence-corrected chi connectivity index (χ2v) is 4.00. The fourth-order valence-corrected chi connectivity index (χ4v) is 1.90. The third-order valence-electron chi connectivity index (χ3n) is 2.85. The van der Waals surface area contributed by atoms with Gasteiger partial charge in [-0.25, -0.2) is 0 Å². The molecule has 0 radical (unpaired) electrons. The summed E-state index contributed by atoms with van der Waals surface area (Å²) in [4.78, 5) is 13.4. The molecule has 1 saturated heterocycles. The van der Waals surface area contributed by atoms with Crippen molar-refractivity contribution in [1.29, 1.82) is 0 Å². The third kappa shape index (κ3) is 2.04. The van der Waals surface area contributed by atoms with Gasteiger partial charge in [-0.3, -0.25) is 10.1 Å². The van der Waals surface area contributed by atoms with Crippen LogP contribution in [0.5, 0.6) is 0 Å². The number of hydrogen-bond donors (Lipinski definition) is 1. The lowest BCUT2D eigenvalue weighted by Crippen LogP contribution is -2.38. The lowest BCUT2D eigenvalue weighted by atomic mass is 10.2. The third-order valence-corrected chi connectivity index (χ3v) is 2.85. The van der Waals surface area contributed by atoms with Crippen LogP contribution >= 0.6 is 0 Å². The van der Waals surface area contributed by atoms with Crippen LogP contribution in [0.25, 0.3) is 0 Å². The average molecular weight is 208 g/mol. The standard InChI is InChI=1S/C11H16N2O2/c1-8(10-4-3-7-15-10)12-9-5-6-13(2)11(9)14/h3-4,7-9,12H,5-6H2,1-2H3/t8-,9?/m0/s1. The van der Waals surface area contributed by atoms with Gasteiger partial charge < -0.3 is 9.32 Å². The minimum Gasteiger partial charge on any atom is -0.468 e. The van der Waals surface area contributed by atoms with Crippen molar-refractivity contribution in [1.82, 2.24) is 10.2 Å². The van der Waals surface area contributed by atoms with Crippen LogP contribution in [0.4, 0.5) is 0 Å². The number of carbonyl (C=O) groups excluding carboxylic acids is 1. The van der Waals surface area contributed by atoms with Crippen LogP contribution in [-0.4, -0.2) is 30.4 Å². The molecular formula is C11H16N2O2. The maximum Gasteiger partial charge on any atom is 0.239 e. The number of likely N-dealkylation sites (N-methyl/N-ethyl adjacent to an activating group) is 1. The van der Waals surface area contributed by atoms with Crippen molar-refractivity contribution in [3.8, 4) is 0 Å². The van der Waals surface area contributed by atoms with Gasteiger partial charge in [0.05, 0.1) is 18.3 Å². The predicted octanol–water partition coefficient (Wildman–Crippen LogP) is 1.16. The molecule has 1 fully saturated rings. The van der Waals surface area contributed by atoms with Gasteiger partial charge in [-0.1, -0.05) is 0 Å². The highest BCUT2D eigenvalue weighted by atomic mass is 16.3. The SMILES string of the molecule is C[C@H](NC1CCN(C)C1=O)c1ccco1. The summed E-state index contributed by atoms with van der Waals surface area (Å²) in [5, 5.41) is 3.28. The molecule has 4 heteroatoms. The molecule has 0 aliphatic carbocycles. The molecule has 1 unspecified atom stereocenters. The molecule has 1 aromatic heterocycles. The normalized spacial score (nSPS) is 23.5. The first-order valence-electron chi connectivity index (χ1n) is 5.23. The van der Waals surface area contributed by atoms with Gasteiger partial charge in [0.15, 0.2) is 0 Å². The molecule has 1 amide bonds. The van der Waals surface area contributed by atoms with Crippen LogP contribution in [0, 0.1) is 0 Å². The number of rotatable bonds is 3. The van der Waals surface area contributed by atoms with Crippen LogP contribution in [0.1, 0.15) is 25.1 Å². The van der Waals surface area contributed by atoms with E-state index < -0.39 is 0 Å². The highest BCUT2D eigenvalue weighted by molar-refractivity contribution is 5.83. The lowest BCUT2D eigenvalue weighted by molar-refractivity contribution is -0.128. The van der Waals surface area contributed by atoms with Crippen molar-refractivity contribution < 1.29 is 9.21 Å². The van der Waals surface area contributed by atoms with E-state index in [0.717, 1.165) is 18.7 Å². The van der Waals surface area contributed by atoms with Gasteiger partial charge in [0, 0.05) is 13.6 Å². The van der Waals surface area contributed by atoms with E-state index in [1.54, 1.807) is 11.2 Å². The number of hydrogen-bond acceptors (Lipinski definition) is 3. The van der Waals surface area contributed by atoms with Crippen molar-refractivity contribution in [3.63, 3.8) is 0 Å². The largest absolute Gasteiger partial charge is 0.468 e. The summed E-state index contributed by atoms with van der Waals surface area (Å²) in [5.74, 6) is 1.05. The summed E-state index contributed by atoms with van der Waals surface area (Å²) in [5.41, 5.74) is 0. The fourth-order valence-electron chi connectivity index (χ4n) is 1.90. The van der Waals surface area contributed by atoms with Gasteiger partial charge in [0.25, 0.3) is 0 Å². The van der Waals surface area contributed by atoms with Crippen LogP contribution in [0.3, 0.4) is 0 Å². The summed E-state index contributed by atoms with van der Waals surface area (Å²) >= 11 is 0. The van der Waals surface area contributed by atoms with Crippen molar-refractivity contribution in [2.45, 2.75) is 25.4 Å². The van der Waals surface area contributed by atoms with Gasteiger partial charge >= 0.3 is 0 Å². The lowest BCUT2D eigenvalue weighted by Gasteiger charge is -2.16. The first kappa shape index (κ1) is 10.2. The smallest absolute Gasteiger partial charge is 0.239 e. The Morgan fingerprint density at radius 3 is 3.00 bits per heavy atom. The van der Waals surface area contributed by atoms with Gasteiger partial charge in [-0.15, -0.1) is 0 Å². The molecule has 1 aliphatic rings. The average Bonchev–Trinajstić information content (AvgIpc) is 2.83. The monoisotopic (exact) mass is 208 g/mol. The number of nitrogens with zero attached hydrogens (tertiary/aromatic N) is 1. The summed E-state index contributed by atoms with van der Waals surface area (Å²) in [6.07, 6.45) is 2.52. The van der Waals surface area contributed by atoms with Crippen LogP contribution in [-0.2, 0) is 4.79 Å². The summed E-state index contributed by atoms with van der Waals surface area (Å²) in [6, 6.07) is 3.80. The number of nitrogens with one attached hydrogen (secondary N) is 1. The highest BCUT2D eigenvalue weighted by Crippen LogP contribution is 2.17. The van der Waals surface area contributed by atoms with Crippen molar-refractivity contribution in [2.75, 3.05) is 13.6 Å². The second-order valence-electron chi connectivity index (χ2n) is 4.00. The second kappa shape index (κ2) is 4.06. The maximum absolute atomic E-state index is 11.6. The summed E-state index contributed by atoms with van der Waals surface area (Å²) in [6.45, 7) is 2.84. The number of likely N-dealkylation sites (tertiary alicyclic amines) is 1. The van der Waals surface area contributed by atoms with E-state index in [4.69, 9.17) is 4.42 Å². The van der Waals surface area contributed by atoms with Crippen LogP contribution in [0.15, 0.2) is 22.8 Å². The minimum atomic E-state index is -0.0601. The van der Waals surface area contributed by atoms with E-state index in [9.17, 15) is 4.79 Å². The quantitative estimate of drug-likeness (QED) is 0.810. The molecule has 15 heavy (non-hydrogen) atoms. The summed E-state index contributed by atoms with van der Waals surface area (Å²) < 4.78 is 5.28. The number of carbonyl (C=O) groups is 1. The first-order chi connectivity index (χ1) is 7.18. The minimum absolute atomic E-state index is 0.0601. The zero-order chi connectivity index (χ0) is 10.8. The zero-order valence-electron chi connectivity index (χ0n) is 9.06. The van der Waals surface area contributed by atoms with Crippen LogP contribution < -0.4 is 5.32 Å². The topological polar surface area (TPSA) is 45.5 Å². The Hall–Kier alpha value is -1.29. The molecule has 2 heterocycles. The van der Waals surface area contributed by atoms with Gasteiger partial charge in [0.2, 0.25) is 5.91 Å². The van der Waals surface area contributed by atoms with E-state index in [1.165, 1.54) is 0 Å². The molecule has 4 nitrogen and oxygen atoms in total. The van der Waals surface area contributed by atoms with Gasteiger partial charge in [0.1, 0.15) is 5.76 Å². The molecule has 82 valence electrons. The molecule has 0 spiro atoms. The van der Waals surface area contributed by atoms with E-state index in [-0.39, 0.29) is 18.0 Å². The fraction of sp³-hybridized carbons (Fsp3) is 0.545. The molecule has 1 aliphatic heterocycles. The molecule has 0 aromatic carbocycles. The number of amides is 1. The summed E-state index contributed by atoms with van der Waals surface area (Å²) in [7, 11) is 1.83. The molecule has 0 bridgehead atoms. The Balaban J connectivity index is 1.95. The predicted molar refractivity (Wildman–Crippen MR) is 56.3 cm³/mol. The Morgan fingerprint density at radius 1 is 1.67 bits per heavy atom. The number of furan rings is 1.